The van der Waals surface area contributed by atoms with E-state index in [1.165, 1.54) is 103 Å². The van der Waals surface area contributed by atoms with Crippen molar-refractivity contribution in [2.24, 2.45) is 0 Å². The van der Waals surface area contributed by atoms with Crippen LogP contribution in [0.2, 0.25) is 0 Å². The van der Waals surface area contributed by atoms with Gasteiger partial charge in [0.25, 0.3) is 5.82 Å². The van der Waals surface area contributed by atoms with Crippen molar-refractivity contribution in [2.75, 3.05) is 0 Å². The lowest BCUT2D eigenvalue weighted by molar-refractivity contribution is -0.704. The van der Waals surface area contributed by atoms with Gasteiger partial charge in [0.1, 0.15) is 12.4 Å². The molecule has 1 rings (SSSR count). The lowest BCUT2D eigenvalue weighted by Gasteiger charge is -2.08. The zero-order valence-electron chi connectivity index (χ0n) is 18.4. The van der Waals surface area contributed by atoms with Gasteiger partial charge < -0.3 is 0 Å². The van der Waals surface area contributed by atoms with Gasteiger partial charge in [-0.05, 0) is 33.1 Å². The van der Waals surface area contributed by atoms with Crippen LogP contribution in [0.25, 0.3) is 0 Å². The van der Waals surface area contributed by atoms with Crippen LogP contribution in [0.5, 0.6) is 0 Å². The van der Waals surface area contributed by atoms with Crippen molar-refractivity contribution in [3.63, 3.8) is 0 Å². The van der Waals surface area contributed by atoms with Gasteiger partial charge in [-0.25, -0.2) is 9.13 Å². The van der Waals surface area contributed by atoms with Crippen LogP contribution < -0.4 is 4.57 Å². The smallest absolute Gasteiger partial charge is 0.234 e. The number of hydrogen-bond acceptors (Lipinski definition) is 0. The second-order valence-electron chi connectivity index (χ2n) is 8.40. The first-order chi connectivity index (χ1) is 12.7. The number of aryl methyl sites for hydroxylation is 1. The van der Waals surface area contributed by atoms with E-state index < -0.39 is 0 Å². The van der Waals surface area contributed by atoms with Crippen LogP contribution in [-0.2, 0) is 13.0 Å². The van der Waals surface area contributed by atoms with Gasteiger partial charge in [0.15, 0.2) is 0 Å². The molecule has 0 spiro atoms. The highest BCUT2D eigenvalue weighted by Crippen LogP contribution is 2.14. The molecule has 1 aromatic rings. The maximum Gasteiger partial charge on any atom is 0.256 e. The topological polar surface area (TPSA) is 8.81 Å². The van der Waals surface area contributed by atoms with Crippen LogP contribution in [-0.4, -0.2) is 4.57 Å². The van der Waals surface area contributed by atoms with Gasteiger partial charge in [-0.1, -0.05) is 84.5 Å². The van der Waals surface area contributed by atoms with E-state index in [0.717, 1.165) is 0 Å². The first kappa shape index (κ1) is 23.2. The minimum absolute atomic E-state index is 0.574. The highest BCUT2D eigenvalue weighted by molar-refractivity contribution is 4.86. The predicted octanol–water partition coefficient (Wildman–Crippen LogP) is 7.40. The standard InChI is InChI=1S/C24H47N2/c1-5-7-9-11-12-13-14-15-16-17-19-24-25(20-18-10-8-6-2)21-22-26(24)23(3)4/h21-23H,5-20H2,1-4H3/q+1. The van der Waals surface area contributed by atoms with Crippen molar-refractivity contribution in [3.8, 4) is 0 Å². The molecular weight excluding hydrogens is 316 g/mol. The molecule has 0 atom stereocenters. The number of rotatable bonds is 17. The molecule has 152 valence electrons. The Morgan fingerprint density at radius 3 is 1.77 bits per heavy atom. The molecule has 0 amide bonds. The molecule has 0 radical (unpaired) electrons. The Morgan fingerprint density at radius 1 is 0.731 bits per heavy atom. The Bertz CT molecular complexity index is 433. The quantitative estimate of drug-likeness (QED) is 0.201. The zero-order valence-corrected chi connectivity index (χ0v) is 18.4. The molecule has 26 heavy (non-hydrogen) atoms. The van der Waals surface area contributed by atoms with E-state index in [4.69, 9.17) is 0 Å². The maximum atomic E-state index is 2.53. The van der Waals surface area contributed by atoms with Crippen molar-refractivity contribution < 1.29 is 4.57 Å². The molecule has 0 saturated heterocycles. The minimum Gasteiger partial charge on any atom is -0.234 e. The number of nitrogens with zero attached hydrogens (tertiary/aromatic N) is 2. The molecule has 0 bridgehead atoms. The molecule has 0 aromatic carbocycles. The Kier molecular flexibility index (Phi) is 13.7. The SMILES string of the molecule is CCCCCCCCCCCCc1n(C(C)C)cc[n+]1CCCCCC. The average Bonchev–Trinajstić information content (AvgIpc) is 3.03. The first-order valence-corrected chi connectivity index (χ1v) is 11.8. The van der Waals surface area contributed by atoms with E-state index in [9.17, 15) is 0 Å². The van der Waals surface area contributed by atoms with Crippen molar-refractivity contribution in [1.82, 2.24) is 4.57 Å². The monoisotopic (exact) mass is 363 g/mol. The Morgan fingerprint density at radius 2 is 1.23 bits per heavy atom. The van der Waals surface area contributed by atoms with E-state index in [-0.39, 0.29) is 0 Å². The average molecular weight is 364 g/mol. The van der Waals surface area contributed by atoms with Crippen LogP contribution >= 0.6 is 0 Å². The van der Waals surface area contributed by atoms with E-state index in [2.05, 4.69) is 49.2 Å². The fourth-order valence-corrected chi connectivity index (χ4v) is 3.90. The van der Waals surface area contributed by atoms with Gasteiger partial charge in [-0.15, -0.1) is 0 Å². The molecule has 1 aromatic heterocycles. The van der Waals surface area contributed by atoms with Crippen LogP contribution in [0.1, 0.15) is 129 Å². The molecule has 1 heterocycles. The summed E-state index contributed by atoms with van der Waals surface area (Å²) in [4.78, 5) is 0. The number of hydrogen-bond donors (Lipinski definition) is 0. The van der Waals surface area contributed by atoms with Gasteiger partial charge in [0.2, 0.25) is 0 Å². The van der Waals surface area contributed by atoms with E-state index in [0.29, 0.717) is 6.04 Å². The highest BCUT2D eigenvalue weighted by atomic mass is 15.2. The summed E-state index contributed by atoms with van der Waals surface area (Å²) < 4.78 is 5.02. The third kappa shape index (κ3) is 9.78. The molecule has 0 unspecified atom stereocenters. The molecule has 2 nitrogen and oxygen atoms in total. The summed E-state index contributed by atoms with van der Waals surface area (Å²) in [6, 6.07) is 0.574. The normalized spacial score (nSPS) is 11.6. The van der Waals surface area contributed by atoms with E-state index >= 15 is 0 Å². The predicted molar refractivity (Wildman–Crippen MR) is 115 cm³/mol. The van der Waals surface area contributed by atoms with Gasteiger partial charge >= 0.3 is 0 Å². The summed E-state index contributed by atoms with van der Waals surface area (Å²) in [6.45, 7) is 10.4. The molecule has 2 heteroatoms. The fraction of sp³-hybridized carbons (Fsp3) is 0.875. The third-order valence-electron chi connectivity index (χ3n) is 5.60. The third-order valence-corrected chi connectivity index (χ3v) is 5.60. The Balaban J connectivity index is 2.26. The van der Waals surface area contributed by atoms with Crippen LogP contribution in [0.3, 0.4) is 0 Å². The van der Waals surface area contributed by atoms with Gasteiger partial charge in [0.05, 0.1) is 12.6 Å². The number of imidazole rings is 1. The summed E-state index contributed by atoms with van der Waals surface area (Å²) in [5, 5.41) is 0. The number of aromatic nitrogens is 2. The molecular formula is C24H47N2+. The summed E-state index contributed by atoms with van der Waals surface area (Å²) in [5.74, 6) is 1.55. The van der Waals surface area contributed by atoms with Crippen molar-refractivity contribution in [3.05, 3.63) is 18.2 Å². The maximum absolute atomic E-state index is 2.53. The van der Waals surface area contributed by atoms with Crippen molar-refractivity contribution >= 4 is 0 Å². The summed E-state index contributed by atoms with van der Waals surface area (Å²) in [6.07, 6.45) is 25.4. The van der Waals surface area contributed by atoms with Gasteiger partial charge in [0, 0.05) is 6.42 Å². The molecule has 0 aliphatic carbocycles. The number of unbranched alkanes of at least 4 members (excludes halogenated alkanes) is 12. The Hall–Kier alpha value is -0.790. The van der Waals surface area contributed by atoms with Gasteiger partial charge in [-0.3, -0.25) is 0 Å². The summed E-state index contributed by atoms with van der Waals surface area (Å²) in [7, 11) is 0. The largest absolute Gasteiger partial charge is 0.256 e. The lowest BCUT2D eigenvalue weighted by Crippen LogP contribution is -2.37. The second kappa shape index (κ2) is 15.3. The van der Waals surface area contributed by atoms with Gasteiger partial charge in [-0.2, -0.15) is 0 Å². The first-order valence-electron chi connectivity index (χ1n) is 11.8. The van der Waals surface area contributed by atoms with E-state index in [1.807, 2.05) is 0 Å². The van der Waals surface area contributed by atoms with Crippen molar-refractivity contribution in [1.29, 1.82) is 0 Å². The summed E-state index contributed by atoms with van der Waals surface area (Å²) in [5.41, 5.74) is 0. The highest BCUT2D eigenvalue weighted by Gasteiger charge is 2.18. The summed E-state index contributed by atoms with van der Waals surface area (Å²) >= 11 is 0. The lowest BCUT2D eigenvalue weighted by atomic mass is 10.1. The molecule has 0 fully saturated rings. The van der Waals surface area contributed by atoms with Crippen LogP contribution in [0, 0.1) is 0 Å². The zero-order chi connectivity index (χ0) is 19.0. The minimum atomic E-state index is 0.574. The van der Waals surface area contributed by atoms with Crippen LogP contribution in [0.4, 0.5) is 0 Å². The molecule has 0 aliphatic heterocycles. The molecule has 0 saturated carbocycles. The Labute approximate surface area is 164 Å². The van der Waals surface area contributed by atoms with E-state index in [1.54, 1.807) is 5.82 Å². The second-order valence-corrected chi connectivity index (χ2v) is 8.40. The molecule has 0 N–H and O–H groups in total. The van der Waals surface area contributed by atoms with Crippen LogP contribution in [0.15, 0.2) is 12.4 Å². The fourth-order valence-electron chi connectivity index (χ4n) is 3.90. The molecule has 0 aliphatic rings. The van der Waals surface area contributed by atoms with Crippen molar-refractivity contribution in [2.45, 2.75) is 137 Å².